The molecule has 3 nitrogen and oxygen atoms in total. The van der Waals surface area contributed by atoms with Crippen LogP contribution in [-0.4, -0.2) is 13.7 Å². The molecule has 0 aromatic heterocycles. The lowest BCUT2D eigenvalue weighted by Crippen LogP contribution is -2.01. The van der Waals surface area contributed by atoms with Crippen molar-refractivity contribution in [3.63, 3.8) is 0 Å². The highest BCUT2D eigenvalue weighted by Gasteiger charge is 2.05. The topological polar surface area (TPSA) is 30.5 Å². The summed E-state index contributed by atoms with van der Waals surface area (Å²) in [7, 11) is 1.62. The van der Waals surface area contributed by atoms with Crippen LogP contribution in [0.3, 0.4) is 0 Å². The third-order valence-electron chi connectivity index (χ3n) is 2.88. The second kappa shape index (κ2) is 7.43. The van der Waals surface area contributed by atoms with Crippen molar-refractivity contribution in [2.45, 2.75) is 13.5 Å². The summed E-state index contributed by atoms with van der Waals surface area (Å²) in [6, 6.07) is 11.2. The van der Waals surface area contributed by atoms with Crippen molar-refractivity contribution in [3.8, 4) is 11.5 Å². The summed E-state index contributed by atoms with van der Waals surface area (Å²) >= 11 is 12.0. The maximum Gasteiger partial charge on any atom is 0.162 e. The number of anilines is 1. The van der Waals surface area contributed by atoms with Gasteiger partial charge in [0.05, 0.1) is 13.7 Å². The first kappa shape index (κ1) is 15.8. The molecule has 0 aliphatic rings. The third kappa shape index (κ3) is 4.45. The number of hydrogen-bond donors (Lipinski definition) is 1. The molecule has 5 heteroatoms. The van der Waals surface area contributed by atoms with Crippen LogP contribution in [0.4, 0.5) is 5.69 Å². The van der Waals surface area contributed by atoms with Gasteiger partial charge in [-0.15, -0.1) is 0 Å². The predicted molar refractivity (Wildman–Crippen MR) is 88.0 cm³/mol. The number of ether oxygens (including phenoxy) is 2. The molecular weight excluding hydrogens is 309 g/mol. The quantitative estimate of drug-likeness (QED) is 0.809. The summed E-state index contributed by atoms with van der Waals surface area (Å²) in [4.78, 5) is 0. The highest BCUT2D eigenvalue weighted by atomic mass is 35.5. The Morgan fingerprint density at radius 1 is 1.00 bits per heavy atom. The standard InChI is InChI=1S/C16H17Cl2NO2/c1-3-21-15-5-4-14(9-16(15)20-2)19-10-11-6-12(17)8-13(18)7-11/h4-9,19H,3,10H2,1-2H3. The lowest BCUT2D eigenvalue weighted by molar-refractivity contribution is 0.311. The second-order valence-corrected chi connectivity index (χ2v) is 5.30. The van der Waals surface area contributed by atoms with Gasteiger partial charge >= 0.3 is 0 Å². The van der Waals surface area contributed by atoms with E-state index >= 15 is 0 Å². The van der Waals surface area contributed by atoms with Crippen LogP contribution in [-0.2, 0) is 6.54 Å². The van der Waals surface area contributed by atoms with Gasteiger partial charge in [-0.2, -0.15) is 0 Å². The molecule has 0 saturated carbocycles. The Hall–Kier alpha value is -1.58. The van der Waals surface area contributed by atoms with Crippen molar-refractivity contribution in [2.24, 2.45) is 0 Å². The summed E-state index contributed by atoms with van der Waals surface area (Å²) in [5.74, 6) is 1.43. The Kier molecular flexibility index (Phi) is 5.59. The fraction of sp³-hybridized carbons (Fsp3) is 0.250. The van der Waals surface area contributed by atoms with Crippen LogP contribution in [0.25, 0.3) is 0 Å². The van der Waals surface area contributed by atoms with Crippen molar-refractivity contribution >= 4 is 28.9 Å². The van der Waals surface area contributed by atoms with E-state index in [1.54, 1.807) is 13.2 Å². The summed E-state index contributed by atoms with van der Waals surface area (Å²) in [6.07, 6.45) is 0. The Labute approximate surface area is 134 Å². The average molecular weight is 326 g/mol. The molecule has 0 saturated heterocycles. The Balaban J connectivity index is 2.09. The zero-order valence-corrected chi connectivity index (χ0v) is 13.5. The van der Waals surface area contributed by atoms with Crippen LogP contribution < -0.4 is 14.8 Å². The molecule has 2 aromatic rings. The first-order valence-electron chi connectivity index (χ1n) is 6.62. The Morgan fingerprint density at radius 2 is 1.71 bits per heavy atom. The zero-order chi connectivity index (χ0) is 15.2. The van der Waals surface area contributed by atoms with E-state index < -0.39 is 0 Å². The molecule has 1 N–H and O–H groups in total. The van der Waals surface area contributed by atoms with Gasteiger partial charge < -0.3 is 14.8 Å². The van der Waals surface area contributed by atoms with Crippen molar-refractivity contribution in [1.29, 1.82) is 0 Å². The van der Waals surface area contributed by atoms with Crippen molar-refractivity contribution < 1.29 is 9.47 Å². The van der Waals surface area contributed by atoms with E-state index in [2.05, 4.69) is 5.32 Å². The van der Waals surface area contributed by atoms with E-state index in [0.29, 0.717) is 28.9 Å². The van der Waals surface area contributed by atoms with Gasteiger partial charge in [0.25, 0.3) is 0 Å². The monoisotopic (exact) mass is 325 g/mol. The smallest absolute Gasteiger partial charge is 0.162 e. The van der Waals surface area contributed by atoms with Gasteiger partial charge in [-0.05, 0) is 42.8 Å². The van der Waals surface area contributed by atoms with Gasteiger partial charge in [-0.25, -0.2) is 0 Å². The van der Waals surface area contributed by atoms with Gasteiger partial charge in [-0.1, -0.05) is 23.2 Å². The number of nitrogens with one attached hydrogen (secondary N) is 1. The Bertz CT molecular complexity index is 597. The molecule has 0 bridgehead atoms. The van der Waals surface area contributed by atoms with Gasteiger partial charge in [0.2, 0.25) is 0 Å². The molecule has 0 fully saturated rings. The van der Waals surface area contributed by atoms with Crippen LogP contribution in [0, 0.1) is 0 Å². The molecule has 0 aliphatic heterocycles. The number of methoxy groups -OCH3 is 1. The minimum absolute atomic E-state index is 0.601. The van der Waals surface area contributed by atoms with Crippen molar-refractivity contribution in [2.75, 3.05) is 19.0 Å². The molecule has 0 atom stereocenters. The van der Waals surface area contributed by atoms with Gasteiger partial charge in [0.15, 0.2) is 11.5 Å². The van der Waals surface area contributed by atoms with Crippen LogP contribution in [0.15, 0.2) is 36.4 Å². The van der Waals surface area contributed by atoms with Crippen molar-refractivity contribution in [1.82, 2.24) is 0 Å². The number of rotatable bonds is 6. The lowest BCUT2D eigenvalue weighted by Gasteiger charge is -2.12. The van der Waals surface area contributed by atoms with Crippen LogP contribution in [0.1, 0.15) is 12.5 Å². The molecule has 0 heterocycles. The zero-order valence-electron chi connectivity index (χ0n) is 12.0. The molecule has 0 unspecified atom stereocenters. The summed E-state index contributed by atoms with van der Waals surface area (Å²) in [5.41, 5.74) is 1.95. The summed E-state index contributed by atoms with van der Waals surface area (Å²) in [6.45, 7) is 3.16. The van der Waals surface area contributed by atoms with Gasteiger partial charge in [-0.3, -0.25) is 0 Å². The average Bonchev–Trinajstić information content (AvgIpc) is 2.45. The predicted octanol–water partition coefficient (Wildman–Crippen LogP) is 5.01. The van der Waals surface area contributed by atoms with E-state index in [1.165, 1.54) is 0 Å². The van der Waals surface area contributed by atoms with E-state index in [1.807, 2.05) is 37.3 Å². The normalized spacial score (nSPS) is 10.3. The number of halogens is 2. The molecule has 0 amide bonds. The van der Waals surface area contributed by atoms with E-state index in [-0.39, 0.29) is 0 Å². The maximum absolute atomic E-state index is 5.99. The fourth-order valence-corrected chi connectivity index (χ4v) is 2.54. The first-order valence-corrected chi connectivity index (χ1v) is 7.37. The molecule has 0 aliphatic carbocycles. The fourth-order valence-electron chi connectivity index (χ4n) is 1.97. The van der Waals surface area contributed by atoms with Crippen LogP contribution >= 0.6 is 23.2 Å². The molecule has 112 valence electrons. The number of benzene rings is 2. The Morgan fingerprint density at radius 3 is 2.33 bits per heavy atom. The van der Waals surface area contributed by atoms with Gasteiger partial charge in [0, 0.05) is 28.3 Å². The lowest BCUT2D eigenvalue weighted by atomic mass is 10.2. The van der Waals surface area contributed by atoms with Crippen molar-refractivity contribution in [3.05, 3.63) is 52.0 Å². The summed E-state index contributed by atoms with van der Waals surface area (Å²) in [5, 5.41) is 4.56. The second-order valence-electron chi connectivity index (χ2n) is 4.43. The minimum atomic E-state index is 0.601. The first-order chi connectivity index (χ1) is 10.1. The maximum atomic E-state index is 5.99. The molecular formula is C16H17Cl2NO2. The van der Waals surface area contributed by atoms with E-state index in [9.17, 15) is 0 Å². The number of hydrogen-bond acceptors (Lipinski definition) is 3. The van der Waals surface area contributed by atoms with Crippen LogP contribution in [0.2, 0.25) is 10.0 Å². The molecule has 0 radical (unpaired) electrons. The minimum Gasteiger partial charge on any atom is -0.493 e. The molecule has 0 spiro atoms. The van der Waals surface area contributed by atoms with E-state index in [0.717, 1.165) is 17.0 Å². The van der Waals surface area contributed by atoms with Crippen LogP contribution in [0.5, 0.6) is 11.5 Å². The van der Waals surface area contributed by atoms with E-state index in [4.69, 9.17) is 32.7 Å². The molecule has 2 aromatic carbocycles. The SMILES string of the molecule is CCOc1ccc(NCc2cc(Cl)cc(Cl)c2)cc1OC. The largest absolute Gasteiger partial charge is 0.493 e. The highest BCUT2D eigenvalue weighted by Crippen LogP contribution is 2.30. The third-order valence-corrected chi connectivity index (χ3v) is 3.32. The highest BCUT2D eigenvalue weighted by molar-refractivity contribution is 6.34. The molecule has 2 rings (SSSR count). The molecule has 21 heavy (non-hydrogen) atoms. The summed E-state index contributed by atoms with van der Waals surface area (Å²) < 4.78 is 10.8. The van der Waals surface area contributed by atoms with Gasteiger partial charge in [0.1, 0.15) is 0 Å².